The Hall–Kier alpha value is -2.44. The molecule has 7 heteroatoms. The normalized spacial score (nSPS) is 18.3. The summed E-state index contributed by atoms with van der Waals surface area (Å²) in [5.41, 5.74) is 2.21. The molecule has 22 heavy (non-hydrogen) atoms. The number of piperidine rings is 1. The van der Waals surface area contributed by atoms with Crippen LogP contribution in [0.4, 0.5) is 0 Å². The second kappa shape index (κ2) is 6.13. The Morgan fingerprint density at radius 2 is 2.32 bits per heavy atom. The lowest BCUT2D eigenvalue weighted by Gasteiger charge is -2.32. The SMILES string of the molecule is Cc1n[nH]c(C)c1C(=O)N1CCCC(Oc2cccnn2)C1. The number of hydrogen-bond acceptors (Lipinski definition) is 5. The van der Waals surface area contributed by atoms with E-state index >= 15 is 0 Å². The molecule has 3 rings (SSSR count). The highest BCUT2D eigenvalue weighted by molar-refractivity contribution is 5.96. The van der Waals surface area contributed by atoms with Gasteiger partial charge in [0.15, 0.2) is 0 Å². The monoisotopic (exact) mass is 301 g/mol. The molecule has 0 spiro atoms. The van der Waals surface area contributed by atoms with Crippen LogP contribution < -0.4 is 4.74 Å². The van der Waals surface area contributed by atoms with Crippen LogP contribution in [0.5, 0.6) is 5.88 Å². The summed E-state index contributed by atoms with van der Waals surface area (Å²) in [5, 5.41) is 14.7. The highest BCUT2D eigenvalue weighted by Crippen LogP contribution is 2.20. The number of aromatic nitrogens is 4. The number of aromatic amines is 1. The van der Waals surface area contributed by atoms with E-state index in [2.05, 4.69) is 20.4 Å². The Morgan fingerprint density at radius 3 is 3.00 bits per heavy atom. The summed E-state index contributed by atoms with van der Waals surface area (Å²) in [6, 6.07) is 3.56. The van der Waals surface area contributed by atoms with Crippen molar-refractivity contribution in [2.75, 3.05) is 13.1 Å². The second-order valence-corrected chi connectivity index (χ2v) is 5.50. The molecular formula is C15H19N5O2. The Morgan fingerprint density at radius 1 is 1.45 bits per heavy atom. The number of aryl methyl sites for hydroxylation is 2. The minimum Gasteiger partial charge on any atom is -0.471 e. The number of hydrogen-bond donors (Lipinski definition) is 1. The van der Waals surface area contributed by atoms with Gasteiger partial charge in [0.05, 0.1) is 17.8 Å². The van der Waals surface area contributed by atoms with Gasteiger partial charge in [-0.1, -0.05) is 0 Å². The predicted molar refractivity (Wildman–Crippen MR) is 79.6 cm³/mol. The standard InChI is InChI=1S/C15H19N5O2/c1-10-14(11(2)18-17-10)15(21)20-8-4-5-12(9-20)22-13-6-3-7-16-19-13/h3,6-7,12H,4-5,8-9H2,1-2H3,(H,17,18). The number of carbonyl (C=O) groups is 1. The Kier molecular flexibility index (Phi) is 4.04. The maximum atomic E-state index is 12.7. The molecule has 3 heterocycles. The Labute approximate surface area is 128 Å². The van der Waals surface area contributed by atoms with Gasteiger partial charge >= 0.3 is 0 Å². The number of rotatable bonds is 3. The largest absolute Gasteiger partial charge is 0.471 e. The van der Waals surface area contributed by atoms with Crippen LogP contribution in [0.25, 0.3) is 0 Å². The van der Waals surface area contributed by atoms with Crippen LogP contribution in [0, 0.1) is 13.8 Å². The van der Waals surface area contributed by atoms with Crippen LogP contribution in [0.1, 0.15) is 34.6 Å². The summed E-state index contributed by atoms with van der Waals surface area (Å²) in [5.74, 6) is 0.508. The van der Waals surface area contributed by atoms with Crippen molar-refractivity contribution in [3.8, 4) is 5.88 Å². The molecule has 1 unspecified atom stereocenters. The number of amides is 1. The number of H-pyrrole nitrogens is 1. The fourth-order valence-corrected chi connectivity index (χ4v) is 2.76. The summed E-state index contributed by atoms with van der Waals surface area (Å²) >= 11 is 0. The molecule has 0 bridgehead atoms. The van der Waals surface area contributed by atoms with Gasteiger partial charge in [0.1, 0.15) is 6.10 Å². The first-order valence-electron chi connectivity index (χ1n) is 7.40. The maximum absolute atomic E-state index is 12.7. The first-order chi connectivity index (χ1) is 10.6. The number of likely N-dealkylation sites (tertiary alicyclic amines) is 1. The number of nitrogens with one attached hydrogen (secondary N) is 1. The van der Waals surface area contributed by atoms with Crippen molar-refractivity contribution in [3.63, 3.8) is 0 Å². The molecule has 0 aliphatic carbocycles. The molecule has 2 aromatic rings. The van der Waals surface area contributed by atoms with E-state index in [0.29, 0.717) is 18.0 Å². The van der Waals surface area contributed by atoms with E-state index in [4.69, 9.17) is 4.74 Å². The first-order valence-corrected chi connectivity index (χ1v) is 7.40. The van der Waals surface area contributed by atoms with Crippen molar-refractivity contribution in [1.29, 1.82) is 0 Å². The summed E-state index contributed by atoms with van der Waals surface area (Å²) in [6.45, 7) is 5.00. The van der Waals surface area contributed by atoms with E-state index in [0.717, 1.165) is 30.8 Å². The van der Waals surface area contributed by atoms with Gasteiger partial charge < -0.3 is 9.64 Å². The van der Waals surface area contributed by atoms with Crippen LogP contribution in [-0.2, 0) is 0 Å². The van der Waals surface area contributed by atoms with E-state index < -0.39 is 0 Å². The number of nitrogens with zero attached hydrogens (tertiary/aromatic N) is 4. The molecule has 1 atom stereocenters. The molecule has 1 aliphatic rings. The smallest absolute Gasteiger partial charge is 0.257 e. The van der Waals surface area contributed by atoms with Gasteiger partial charge in [0.25, 0.3) is 5.91 Å². The van der Waals surface area contributed by atoms with E-state index in [-0.39, 0.29) is 12.0 Å². The fourth-order valence-electron chi connectivity index (χ4n) is 2.76. The van der Waals surface area contributed by atoms with Crippen molar-refractivity contribution in [2.24, 2.45) is 0 Å². The topological polar surface area (TPSA) is 84.0 Å². The molecule has 1 N–H and O–H groups in total. The summed E-state index contributed by atoms with van der Waals surface area (Å²) in [6.07, 6.45) is 3.37. The van der Waals surface area contributed by atoms with E-state index in [9.17, 15) is 4.79 Å². The van der Waals surface area contributed by atoms with Gasteiger partial charge in [-0.25, -0.2) is 0 Å². The fraction of sp³-hybridized carbons (Fsp3) is 0.467. The molecule has 1 fully saturated rings. The maximum Gasteiger partial charge on any atom is 0.257 e. The average Bonchev–Trinajstić information content (AvgIpc) is 2.87. The molecule has 1 saturated heterocycles. The minimum atomic E-state index is -0.0538. The van der Waals surface area contributed by atoms with Gasteiger partial charge in [-0.05, 0) is 32.8 Å². The van der Waals surface area contributed by atoms with Crippen LogP contribution in [-0.4, -0.2) is 50.4 Å². The lowest BCUT2D eigenvalue weighted by molar-refractivity contribution is 0.0524. The van der Waals surface area contributed by atoms with Crippen LogP contribution in [0.2, 0.25) is 0 Å². The van der Waals surface area contributed by atoms with E-state index in [1.165, 1.54) is 0 Å². The van der Waals surface area contributed by atoms with Crippen molar-refractivity contribution in [3.05, 3.63) is 35.3 Å². The second-order valence-electron chi connectivity index (χ2n) is 5.50. The molecular weight excluding hydrogens is 282 g/mol. The molecule has 1 aliphatic heterocycles. The van der Waals surface area contributed by atoms with Crippen LogP contribution >= 0.6 is 0 Å². The highest BCUT2D eigenvalue weighted by Gasteiger charge is 2.28. The van der Waals surface area contributed by atoms with Crippen LogP contribution in [0.3, 0.4) is 0 Å². The van der Waals surface area contributed by atoms with Gasteiger partial charge in [-0.15, -0.1) is 5.10 Å². The third-order valence-corrected chi connectivity index (χ3v) is 3.84. The number of ether oxygens (including phenoxy) is 1. The lowest BCUT2D eigenvalue weighted by atomic mass is 10.1. The zero-order chi connectivity index (χ0) is 15.5. The average molecular weight is 301 g/mol. The Bertz CT molecular complexity index is 636. The van der Waals surface area contributed by atoms with E-state index in [1.807, 2.05) is 18.7 Å². The minimum absolute atomic E-state index is 0.0104. The molecule has 0 radical (unpaired) electrons. The van der Waals surface area contributed by atoms with Crippen molar-refractivity contribution in [2.45, 2.75) is 32.8 Å². The van der Waals surface area contributed by atoms with Crippen molar-refractivity contribution >= 4 is 5.91 Å². The predicted octanol–water partition coefficient (Wildman–Crippen LogP) is 1.50. The lowest BCUT2D eigenvalue weighted by Crippen LogP contribution is -2.44. The summed E-state index contributed by atoms with van der Waals surface area (Å²) in [7, 11) is 0. The zero-order valence-electron chi connectivity index (χ0n) is 12.7. The molecule has 1 amide bonds. The summed E-state index contributed by atoms with van der Waals surface area (Å²) < 4.78 is 5.82. The molecule has 7 nitrogen and oxygen atoms in total. The first kappa shape index (κ1) is 14.5. The Balaban J connectivity index is 1.69. The zero-order valence-corrected chi connectivity index (χ0v) is 12.7. The molecule has 2 aromatic heterocycles. The highest BCUT2D eigenvalue weighted by atomic mass is 16.5. The van der Waals surface area contributed by atoms with Crippen LogP contribution in [0.15, 0.2) is 18.3 Å². The molecule has 0 saturated carbocycles. The van der Waals surface area contributed by atoms with Crippen molar-refractivity contribution in [1.82, 2.24) is 25.3 Å². The summed E-state index contributed by atoms with van der Waals surface area (Å²) in [4.78, 5) is 14.5. The molecule has 116 valence electrons. The van der Waals surface area contributed by atoms with Crippen molar-refractivity contribution < 1.29 is 9.53 Å². The third kappa shape index (κ3) is 2.93. The molecule has 0 aromatic carbocycles. The van der Waals surface area contributed by atoms with Gasteiger partial charge in [0.2, 0.25) is 5.88 Å². The van der Waals surface area contributed by atoms with Gasteiger partial charge in [-0.2, -0.15) is 10.2 Å². The van der Waals surface area contributed by atoms with Gasteiger partial charge in [0, 0.05) is 24.5 Å². The van der Waals surface area contributed by atoms with E-state index in [1.54, 1.807) is 18.3 Å². The number of carbonyl (C=O) groups excluding carboxylic acids is 1. The van der Waals surface area contributed by atoms with Gasteiger partial charge in [-0.3, -0.25) is 9.89 Å². The third-order valence-electron chi connectivity index (χ3n) is 3.84. The quantitative estimate of drug-likeness (QED) is 0.928.